The third-order valence-corrected chi connectivity index (χ3v) is 13.6. The van der Waals surface area contributed by atoms with Crippen LogP contribution in [0.25, 0.3) is 5.52 Å². The Hall–Kier alpha value is -3.80. The summed E-state index contributed by atoms with van der Waals surface area (Å²) in [5.41, 5.74) is 6.07. The molecule has 0 saturated carbocycles. The number of benzene rings is 2. The van der Waals surface area contributed by atoms with E-state index < -0.39 is 49.4 Å². The SMILES string of the molecule is CCCCCCCCCCCCCCCCCC[C@H](COP(=O)(OC[C@@]1(C)O[C@@H](c2ccc3c(N)ncnn23)[C@@H]2OC(C)(C)O[C@@H]21)Oc1ccccc1Cl)Oc1ccc(C#N)c(F)c1. The highest BCUT2D eigenvalue weighted by Crippen LogP contribution is 2.55. The van der Waals surface area contributed by atoms with Gasteiger partial charge in [0.2, 0.25) is 0 Å². The topological polar surface area (TPSA) is 162 Å². The Morgan fingerprint density at radius 1 is 0.891 bits per heavy atom. The van der Waals surface area contributed by atoms with Crippen LogP contribution in [0.5, 0.6) is 11.5 Å². The van der Waals surface area contributed by atoms with Gasteiger partial charge in [0.1, 0.15) is 65.2 Å². The molecule has 0 aliphatic carbocycles. The molecule has 6 atom stereocenters. The van der Waals surface area contributed by atoms with E-state index in [0.29, 0.717) is 23.4 Å². The van der Waals surface area contributed by atoms with Crippen molar-refractivity contribution in [2.24, 2.45) is 0 Å². The molecule has 2 fully saturated rings. The molecule has 0 radical (unpaired) electrons. The van der Waals surface area contributed by atoms with Gasteiger partial charge in [0.15, 0.2) is 11.6 Å². The van der Waals surface area contributed by atoms with Crippen molar-refractivity contribution in [3.05, 3.63) is 83.0 Å². The first-order chi connectivity index (χ1) is 30.8. The summed E-state index contributed by atoms with van der Waals surface area (Å²) in [5, 5.41) is 13.9. The number of fused-ring (bicyclic) bond motifs is 2. The fourth-order valence-corrected chi connectivity index (χ4v) is 10.1. The van der Waals surface area contributed by atoms with E-state index in [-0.39, 0.29) is 35.3 Å². The zero-order chi connectivity index (χ0) is 45.6. The summed E-state index contributed by atoms with van der Waals surface area (Å²) in [5.74, 6) is -1.08. The molecule has 4 heterocycles. The van der Waals surface area contributed by atoms with Crippen LogP contribution in [0.2, 0.25) is 5.02 Å². The van der Waals surface area contributed by atoms with E-state index in [1.165, 1.54) is 102 Å². The monoisotopic (exact) mass is 925 g/mol. The minimum absolute atomic E-state index is 0.0868. The summed E-state index contributed by atoms with van der Waals surface area (Å²) in [7, 11) is -4.51. The summed E-state index contributed by atoms with van der Waals surface area (Å²) in [4.78, 5) is 4.10. The maximum atomic E-state index is 14.9. The summed E-state index contributed by atoms with van der Waals surface area (Å²) in [6.45, 7) is 7.13. The van der Waals surface area contributed by atoms with Gasteiger partial charge in [-0.15, -0.1) is 0 Å². The maximum Gasteiger partial charge on any atom is 0.530 e. The number of phosphoric acid groups is 1. The molecule has 4 aromatic rings. The molecule has 2 N–H and O–H groups in total. The molecule has 2 aromatic heterocycles. The van der Waals surface area contributed by atoms with E-state index >= 15 is 0 Å². The van der Waals surface area contributed by atoms with Gasteiger partial charge in [0.25, 0.3) is 0 Å². The highest BCUT2D eigenvalue weighted by molar-refractivity contribution is 7.49. The summed E-state index contributed by atoms with van der Waals surface area (Å²) in [6.07, 6.45) is 19.0. The first kappa shape index (κ1) is 49.6. The number of unbranched alkanes of at least 4 members (excludes halogenated alkanes) is 15. The van der Waals surface area contributed by atoms with Crippen molar-refractivity contribution in [3.63, 3.8) is 0 Å². The Morgan fingerprint density at radius 3 is 2.19 bits per heavy atom. The Bertz CT molecular complexity index is 2190. The van der Waals surface area contributed by atoms with E-state index in [4.69, 9.17) is 49.9 Å². The summed E-state index contributed by atoms with van der Waals surface area (Å²) in [6, 6.07) is 16.1. The van der Waals surface area contributed by atoms with Gasteiger partial charge in [-0.05, 0) is 70.0 Å². The molecule has 64 heavy (non-hydrogen) atoms. The molecule has 2 aromatic carbocycles. The van der Waals surface area contributed by atoms with Crippen LogP contribution in [0.3, 0.4) is 0 Å². The fourth-order valence-electron chi connectivity index (χ4n) is 8.50. The van der Waals surface area contributed by atoms with Crippen molar-refractivity contribution in [1.82, 2.24) is 14.6 Å². The van der Waals surface area contributed by atoms with Crippen molar-refractivity contribution in [2.75, 3.05) is 18.9 Å². The fraction of sp³-hybridized carbons (Fsp3) is 0.604. The van der Waals surface area contributed by atoms with Gasteiger partial charge >= 0.3 is 7.82 Å². The molecule has 16 heteroatoms. The molecule has 2 aliphatic heterocycles. The summed E-state index contributed by atoms with van der Waals surface area (Å²) >= 11 is 6.49. The largest absolute Gasteiger partial charge is 0.530 e. The van der Waals surface area contributed by atoms with E-state index in [0.717, 1.165) is 25.7 Å². The number of aromatic nitrogens is 3. The minimum Gasteiger partial charge on any atom is -0.488 e. The van der Waals surface area contributed by atoms with E-state index in [9.17, 15) is 14.2 Å². The summed E-state index contributed by atoms with van der Waals surface area (Å²) < 4.78 is 75.3. The lowest BCUT2D eigenvalue weighted by molar-refractivity contribution is -0.212. The number of hydrogen-bond acceptors (Lipinski definition) is 12. The lowest BCUT2D eigenvalue weighted by Gasteiger charge is -2.32. The van der Waals surface area contributed by atoms with Crippen LogP contribution in [0.15, 0.2) is 60.9 Å². The number of para-hydroxylation sites is 1. The number of anilines is 1. The minimum atomic E-state index is -4.51. The molecule has 13 nitrogen and oxygen atoms in total. The Balaban J connectivity index is 1.09. The van der Waals surface area contributed by atoms with Crippen LogP contribution in [0.1, 0.15) is 154 Å². The molecular formula is C48H66ClFN5O8P. The zero-order valence-corrected chi connectivity index (χ0v) is 39.5. The molecule has 1 unspecified atom stereocenters. The highest BCUT2D eigenvalue weighted by atomic mass is 35.5. The Morgan fingerprint density at radius 2 is 1.55 bits per heavy atom. The second kappa shape index (κ2) is 23.6. The zero-order valence-electron chi connectivity index (χ0n) is 37.9. The second-order valence-corrected chi connectivity index (χ2v) is 19.7. The van der Waals surface area contributed by atoms with Gasteiger partial charge < -0.3 is 29.2 Å². The Labute approximate surface area is 383 Å². The lowest BCUT2D eigenvalue weighted by Crippen LogP contribution is -2.44. The number of nitrogens with two attached hydrogens (primary N) is 1. The van der Waals surface area contributed by atoms with Gasteiger partial charge in [-0.3, -0.25) is 9.05 Å². The van der Waals surface area contributed by atoms with Gasteiger partial charge in [-0.25, -0.2) is 18.5 Å². The van der Waals surface area contributed by atoms with E-state index in [2.05, 4.69) is 17.0 Å². The van der Waals surface area contributed by atoms with E-state index in [1.54, 1.807) is 41.8 Å². The van der Waals surface area contributed by atoms with Crippen LogP contribution in [-0.4, -0.2) is 57.5 Å². The third-order valence-electron chi connectivity index (χ3n) is 11.9. The number of nitrogen functional groups attached to an aromatic ring is 1. The van der Waals surface area contributed by atoms with Gasteiger partial charge in [0, 0.05) is 6.07 Å². The molecule has 350 valence electrons. The number of phosphoric ester groups is 1. The number of rotatable bonds is 28. The number of hydrogen-bond donors (Lipinski definition) is 1. The predicted octanol–water partition coefficient (Wildman–Crippen LogP) is 12.6. The first-order valence-corrected chi connectivity index (χ1v) is 25.0. The Kier molecular flexibility index (Phi) is 18.3. The van der Waals surface area contributed by atoms with Crippen LogP contribution in [0, 0.1) is 17.1 Å². The van der Waals surface area contributed by atoms with Gasteiger partial charge in [-0.1, -0.05) is 127 Å². The number of nitriles is 1. The molecule has 0 bridgehead atoms. The molecule has 2 aliphatic rings. The van der Waals surface area contributed by atoms with Gasteiger partial charge in [-0.2, -0.15) is 10.4 Å². The van der Waals surface area contributed by atoms with Crippen LogP contribution < -0.4 is 15.0 Å². The number of halogens is 2. The van der Waals surface area contributed by atoms with Crippen LogP contribution in [0.4, 0.5) is 10.2 Å². The molecule has 2 saturated heterocycles. The third kappa shape index (κ3) is 13.6. The van der Waals surface area contributed by atoms with Crippen molar-refractivity contribution in [1.29, 1.82) is 5.26 Å². The lowest BCUT2D eigenvalue weighted by atomic mass is 9.97. The van der Waals surface area contributed by atoms with Gasteiger partial charge in [0.05, 0.1) is 29.5 Å². The first-order valence-electron chi connectivity index (χ1n) is 23.1. The quantitative estimate of drug-likeness (QED) is 0.0424. The molecular weight excluding hydrogens is 860 g/mol. The number of nitrogens with zero attached hydrogens (tertiary/aromatic N) is 4. The van der Waals surface area contributed by atoms with Crippen molar-refractivity contribution in [2.45, 2.75) is 173 Å². The van der Waals surface area contributed by atoms with Crippen molar-refractivity contribution < 1.29 is 41.5 Å². The highest BCUT2D eigenvalue weighted by Gasteiger charge is 2.62. The normalized spacial score (nSPS) is 21.7. The van der Waals surface area contributed by atoms with Crippen LogP contribution >= 0.6 is 19.4 Å². The van der Waals surface area contributed by atoms with Crippen LogP contribution in [-0.2, 0) is 27.8 Å². The van der Waals surface area contributed by atoms with Crippen molar-refractivity contribution >= 4 is 30.8 Å². The standard InChI is InChI=1S/C48H66ClFN5O8P/c1-5-6-7-8-9-10-11-12-13-14-15-16-17-18-19-20-23-37(59-36-27-26-35(31-51)39(50)30-36)32-57-64(56,63-42-25-22-21-24-38(42)49)58-33-48(4)45-44(60-47(2,3)62-45)43(61-48)40-28-29-41-46(52)53-34-54-55(40)41/h21-22,24-30,34,37,43-45H,5-20,23,32-33H2,1-4H3,(H2,52,53,54)/t37-,43+,44+,45+,48-,64?/m1/s1. The average Bonchev–Trinajstić information content (AvgIpc) is 3.93. The average molecular weight is 927 g/mol. The second-order valence-electron chi connectivity index (χ2n) is 17.7. The maximum absolute atomic E-state index is 14.9. The molecule has 6 rings (SSSR count). The smallest absolute Gasteiger partial charge is 0.488 e. The number of ether oxygens (including phenoxy) is 4. The molecule has 0 amide bonds. The predicted molar refractivity (Wildman–Crippen MR) is 245 cm³/mol. The van der Waals surface area contributed by atoms with Crippen molar-refractivity contribution in [3.8, 4) is 17.6 Å². The van der Waals surface area contributed by atoms with E-state index in [1.807, 2.05) is 26.0 Å². The molecule has 0 spiro atoms.